The molecule has 0 bridgehead atoms. The first-order valence-electron chi connectivity index (χ1n) is 8.00. The summed E-state index contributed by atoms with van der Waals surface area (Å²) >= 11 is 0. The van der Waals surface area contributed by atoms with Crippen LogP contribution in [0.4, 0.5) is 4.79 Å². The molecule has 1 aromatic carbocycles. The number of hydrogen-bond donors (Lipinski definition) is 2. The minimum Gasteiger partial charge on any atom is -0.444 e. The van der Waals surface area contributed by atoms with Crippen molar-refractivity contribution in [3.63, 3.8) is 0 Å². The maximum Gasteiger partial charge on any atom is 0.408 e. The summed E-state index contributed by atoms with van der Waals surface area (Å²) in [6.07, 6.45) is 0.179. The van der Waals surface area contributed by atoms with Gasteiger partial charge in [0.15, 0.2) is 0 Å². The van der Waals surface area contributed by atoms with Gasteiger partial charge in [-0.1, -0.05) is 44.2 Å². The van der Waals surface area contributed by atoms with Crippen LogP contribution in [0.1, 0.15) is 40.2 Å². The van der Waals surface area contributed by atoms with Gasteiger partial charge in [0.25, 0.3) is 0 Å². The third kappa shape index (κ3) is 7.68. The Morgan fingerprint density at radius 3 is 2.26 bits per heavy atom. The number of carbonyl (C=O) groups excluding carboxylic acids is 2. The van der Waals surface area contributed by atoms with Gasteiger partial charge in [-0.3, -0.25) is 4.79 Å². The van der Waals surface area contributed by atoms with Gasteiger partial charge in [-0.2, -0.15) is 0 Å². The van der Waals surface area contributed by atoms with Crippen molar-refractivity contribution in [3.8, 4) is 0 Å². The molecule has 0 aromatic heterocycles. The summed E-state index contributed by atoms with van der Waals surface area (Å²) in [5.74, 6) is -0.221. The Bertz CT molecular complexity index is 507. The van der Waals surface area contributed by atoms with E-state index < -0.39 is 17.7 Å². The number of nitrogens with one attached hydrogen (secondary N) is 2. The molecule has 2 amide bonds. The Morgan fingerprint density at radius 2 is 1.74 bits per heavy atom. The summed E-state index contributed by atoms with van der Waals surface area (Å²) in [5.41, 5.74) is 0.573. The highest BCUT2D eigenvalue weighted by atomic mass is 16.6. The maximum absolute atomic E-state index is 12.3. The molecular weight excluding hydrogens is 292 g/mol. The van der Waals surface area contributed by atoms with Gasteiger partial charge in [0.05, 0.1) is 0 Å². The molecule has 1 atom stereocenters. The summed E-state index contributed by atoms with van der Waals surface area (Å²) in [7, 11) is 0. The fraction of sp³-hybridized carbons (Fsp3) is 0.556. The third-order valence-corrected chi connectivity index (χ3v) is 3.18. The molecule has 0 saturated heterocycles. The zero-order valence-corrected chi connectivity index (χ0v) is 14.7. The molecule has 0 aliphatic carbocycles. The predicted molar refractivity (Wildman–Crippen MR) is 91.2 cm³/mol. The van der Waals surface area contributed by atoms with Crippen molar-refractivity contribution in [1.82, 2.24) is 10.6 Å². The predicted octanol–water partition coefficient (Wildman–Crippen LogP) is 2.89. The Labute approximate surface area is 138 Å². The van der Waals surface area contributed by atoms with Gasteiger partial charge in [-0.05, 0) is 38.7 Å². The molecule has 0 spiro atoms. The SMILES string of the molecule is CC(C)C(NC(=O)OC(C)(C)C)C(=O)NCCc1ccccc1. The molecule has 0 radical (unpaired) electrons. The van der Waals surface area contributed by atoms with Crippen LogP contribution in [0.25, 0.3) is 0 Å². The fourth-order valence-corrected chi connectivity index (χ4v) is 2.05. The van der Waals surface area contributed by atoms with Crippen molar-refractivity contribution in [1.29, 1.82) is 0 Å². The summed E-state index contributed by atoms with van der Waals surface area (Å²) in [6, 6.07) is 9.33. The number of rotatable bonds is 6. The summed E-state index contributed by atoms with van der Waals surface area (Å²) < 4.78 is 5.21. The maximum atomic E-state index is 12.3. The minimum atomic E-state index is -0.611. The van der Waals surface area contributed by atoms with E-state index in [0.29, 0.717) is 6.54 Å². The zero-order chi connectivity index (χ0) is 17.5. The third-order valence-electron chi connectivity index (χ3n) is 3.18. The van der Waals surface area contributed by atoms with E-state index in [1.165, 1.54) is 0 Å². The van der Waals surface area contributed by atoms with Crippen LogP contribution in [0, 0.1) is 5.92 Å². The highest BCUT2D eigenvalue weighted by Gasteiger charge is 2.26. The van der Waals surface area contributed by atoms with E-state index in [2.05, 4.69) is 10.6 Å². The van der Waals surface area contributed by atoms with Crippen LogP contribution in [0.5, 0.6) is 0 Å². The van der Waals surface area contributed by atoms with Gasteiger partial charge < -0.3 is 15.4 Å². The van der Waals surface area contributed by atoms with Crippen LogP contribution < -0.4 is 10.6 Å². The number of benzene rings is 1. The first kappa shape index (κ1) is 19.0. The summed E-state index contributed by atoms with van der Waals surface area (Å²) in [5, 5.41) is 5.52. The lowest BCUT2D eigenvalue weighted by Crippen LogP contribution is -2.51. The van der Waals surface area contributed by atoms with Crippen LogP contribution in [0.3, 0.4) is 0 Å². The van der Waals surface area contributed by atoms with Crippen molar-refractivity contribution in [2.45, 2.75) is 52.7 Å². The molecule has 1 aromatic rings. The summed E-state index contributed by atoms with van der Waals surface area (Å²) in [4.78, 5) is 24.2. The van der Waals surface area contributed by atoms with Gasteiger partial charge in [-0.15, -0.1) is 0 Å². The lowest BCUT2D eigenvalue weighted by atomic mass is 10.0. The number of ether oxygens (including phenoxy) is 1. The van der Waals surface area contributed by atoms with Gasteiger partial charge in [-0.25, -0.2) is 4.79 Å². The first-order valence-corrected chi connectivity index (χ1v) is 8.00. The molecule has 1 unspecified atom stereocenters. The second-order valence-electron chi connectivity index (χ2n) is 6.89. The van der Waals surface area contributed by atoms with E-state index in [9.17, 15) is 9.59 Å². The smallest absolute Gasteiger partial charge is 0.408 e. The van der Waals surface area contributed by atoms with Crippen molar-refractivity contribution in [2.75, 3.05) is 6.54 Å². The van der Waals surface area contributed by atoms with E-state index >= 15 is 0 Å². The average molecular weight is 320 g/mol. The van der Waals surface area contributed by atoms with Gasteiger partial charge >= 0.3 is 6.09 Å². The van der Waals surface area contributed by atoms with Crippen LogP contribution in [0.2, 0.25) is 0 Å². The topological polar surface area (TPSA) is 67.4 Å². The minimum absolute atomic E-state index is 0.0285. The van der Waals surface area contributed by atoms with Crippen molar-refractivity contribution >= 4 is 12.0 Å². The van der Waals surface area contributed by atoms with Gasteiger partial charge in [0.2, 0.25) is 5.91 Å². The van der Waals surface area contributed by atoms with Crippen LogP contribution in [-0.4, -0.2) is 30.2 Å². The highest BCUT2D eigenvalue weighted by molar-refractivity contribution is 5.85. The Kier molecular flexibility index (Phi) is 7.07. The monoisotopic (exact) mass is 320 g/mol. The molecule has 2 N–H and O–H groups in total. The lowest BCUT2D eigenvalue weighted by molar-refractivity contribution is -0.124. The van der Waals surface area contributed by atoms with Gasteiger partial charge in [0.1, 0.15) is 11.6 Å². The van der Waals surface area contributed by atoms with E-state index in [-0.39, 0.29) is 11.8 Å². The van der Waals surface area contributed by atoms with Crippen molar-refractivity contribution in [3.05, 3.63) is 35.9 Å². The van der Waals surface area contributed by atoms with E-state index in [1.807, 2.05) is 44.2 Å². The molecular formula is C18H28N2O3. The Hall–Kier alpha value is -2.04. The molecule has 0 aliphatic heterocycles. The zero-order valence-electron chi connectivity index (χ0n) is 14.7. The van der Waals surface area contributed by atoms with Crippen molar-refractivity contribution < 1.29 is 14.3 Å². The number of carbonyl (C=O) groups is 2. The quantitative estimate of drug-likeness (QED) is 0.847. The van der Waals surface area contributed by atoms with Crippen LogP contribution in [-0.2, 0) is 16.0 Å². The molecule has 1 rings (SSSR count). The molecule has 0 heterocycles. The number of hydrogen-bond acceptors (Lipinski definition) is 3. The standard InChI is InChI=1S/C18H28N2O3/c1-13(2)15(20-17(22)23-18(3,4)5)16(21)19-12-11-14-9-7-6-8-10-14/h6-10,13,15H,11-12H2,1-5H3,(H,19,21)(H,20,22). The molecule has 23 heavy (non-hydrogen) atoms. The molecule has 5 heteroatoms. The highest BCUT2D eigenvalue weighted by Crippen LogP contribution is 2.09. The number of alkyl carbamates (subject to hydrolysis) is 1. The van der Waals surface area contributed by atoms with Crippen LogP contribution >= 0.6 is 0 Å². The van der Waals surface area contributed by atoms with Gasteiger partial charge in [0, 0.05) is 6.54 Å². The molecule has 128 valence electrons. The molecule has 0 fully saturated rings. The summed E-state index contributed by atoms with van der Waals surface area (Å²) in [6.45, 7) is 9.67. The molecule has 0 aliphatic rings. The largest absolute Gasteiger partial charge is 0.444 e. The average Bonchev–Trinajstić information content (AvgIpc) is 2.43. The van der Waals surface area contributed by atoms with E-state index in [0.717, 1.165) is 12.0 Å². The molecule has 5 nitrogen and oxygen atoms in total. The Balaban J connectivity index is 2.49. The van der Waals surface area contributed by atoms with E-state index in [1.54, 1.807) is 20.8 Å². The second-order valence-corrected chi connectivity index (χ2v) is 6.89. The normalized spacial score (nSPS) is 12.6. The first-order chi connectivity index (χ1) is 10.7. The Morgan fingerprint density at radius 1 is 1.13 bits per heavy atom. The lowest BCUT2D eigenvalue weighted by Gasteiger charge is -2.25. The van der Waals surface area contributed by atoms with Crippen LogP contribution in [0.15, 0.2) is 30.3 Å². The second kappa shape index (κ2) is 8.56. The molecule has 0 saturated carbocycles. The number of amides is 2. The van der Waals surface area contributed by atoms with E-state index in [4.69, 9.17) is 4.74 Å². The van der Waals surface area contributed by atoms with Crippen molar-refractivity contribution in [2.24, 2.45) is 5.92 Å². The fourth-order valence-electron chi connectivity index (χ4n) is 2.05.